The van der Waals surface area contributed by atoms with Crippen LogP contribution >= 0.6 is 15.9 Å². The maximum absolute atomic E-state index is 13.2. The molecule has 0 spiro atoms. The third kappa shape index (κ3) is 2.96. The molecule has 104 valence electrons. The summed E-state index contributed by atoms with van der Waals surface area (Å²) in [6, 6.07) is 6.80. The van der Waals surface area contributed by atoms with Crippen LogP contribution in [0.5, 0.6) is 0 Å². The lowest BCUT2D eigenvalue weighted by Crippen LogP contribution is -2.15. The first-order valence-corrected chi connectivity index (χ1v) is 6.50. The third-order valence-corrected chi connectivity index (χ3v) is 3.62. The van der Waals surface area contributed by atoms with Gasteiger partial charge in [-0.25, -0.2) is 8.78 Å². The Labute approximate surface area is 122 Å². The van der Waals surface area contributed by atoms with Crippen LogP contribution in [-0.2, 0) is 0 Å². The van der Waals surface area contributed by atoms with E-state index in [2.05, 4.69) is 21.2 Å². The van der Waals surface area contributed by atoms with Crippen LogP contribution in [0.1, 0.15) is 15.9 Å². The van der Waals surface area contributed by atoms with Gasteiger partial charge in [-0.05, 0) is 30.7 Å². The van der Waals surface area contributed by atoms with Gasteiger partial charge >= 0.3 is 0 Å². The molecule has 20 heavy (non-hydrogen) atoms. The second-order valence-corrected chi connectivity index (χ2v) is 5.13. The number of carbonyl (C=O) groups excluding carboxylic acids is 1. The lowest BCUT2D eigenvalue weighted by molar-refractivity contribution is 0.102. The zero-order valence-corrected chi connectivity index (χ0v) is 12.1. The number of anilines is 2. The average Bonchev–Trinajstić information content (AvgIpc) is 2.38. The maximum Gasteiger partial charge on any atom is 0.257 e. The van der Waals surface area contributed by atoms with Crippen molar-refractivity contribution in [3.8, 4) is 0 Å². The summed E-state index contributed by atoms with van der Waals surface area (Å²) in [5, 5.41) is 2.58. The van der Waals surface area contributed by atoms with E-state index in [0.717, 1.165) is 22.2 Å². The Hall–Kier alpha value is -1.95. The van der Waals surface area contributed by atoms with Gasteiger partial charge in [-0.15, -0.1) is 0 Å². The standard InChI is InChI=1S/C14H11BrF2N2O/c1-7-2-3-8(4-10(7)15)19-14(20)9-5-11(16)12(17)6-13(9)18/h2-6H,18H2,1H3,(H,19,20). The molecule has 0 atom stereocenters. The van der Waals surface area contributed by atoms with E-state index in [4.69, 9.17) is 5.73 Å². The zero-order chi connectivity index (χ0) is 14.9. The number of hydrogen-bond acceptors (Lipinski definition) is 2. The molecule has 0 aliphatic heterocycles. The molecule has 2 aromatic rings. The van der Waals surface area contributed by atoms with Crippen LogP contribution in [0.3, 0.4) is 0 Å². The molecule has 0 aromatic heterocycles. The monoisotopic (exact) mass is 340 g/mol. The molecular weight excluding hydrogens is 330 g/mol. The van der Waals surface area contributed by atoms with Crippen molar-refractivity contribution < 1.29 is 13.6 Å². The zero-order valence-electron chi connectivity index (χ0n) is 10.5. The molecular formula is C14H11BrF2N2O. The number of carbonyl (C=O) groups is 1. The second kappa shape index (κ2) is 5.58. The maximum atomic E-state index is 13.2. The number of rotatable bonds is 2. The van der Waals surface area contributed by atoms with Crippen molar-refractivity contribution in [2.75, 3.05) is 11.1 Å². The van der Waals surface area contributed by atoms with Crippen LogP contribution in [0, 0.1) is 18.6 Å². The highest BCUT2D eigenvalue weighted by Gasteiger charge is 2.14. The van der Waals surface area contributed by atoms with Crippen molar-refractivity contribution in [2.45, 2.75) is 6.92 Å². The van der Waals surface area contributed by atoms with Crippen molar-refractivity contribution in [3.05, 3.63) is 57.6 Å². The summed E-state index contributed by atoms with van der Waals surface area (Å²) < 4.78 is 26.9. The summed E-state index contributed by atoms with van der Waals surface area (Å²) in [5.41, 5.74) is 6.83. The van der Waals surface area contributed by atoms with E-state index in [-0.39, 0.29) is 11.3 Å². The smallest absolute Gasteiger partial charge is 0.257 e. The van der Waals surface area contributed by atoms with Gasteiger partial charge in [0.2, 0.25) is 0 Å². The highest BCUT2D eigenvalue weighted by atomic mass is 79.9. The highest BCUT2D eigenvalue weighted by molar-refractivity contribution is 9.10. The van der Waals surface area contributed by atoms with Crippen LogP contribution in [0.25, 0.3) is 0 Å². The van der Waals surface area contributed by atoms with Crippen LogP contribution in [0.4, 0.5) is 20.2 Å². The molecule has 1 amide bonds. The van der Waals surface area contributed by atoms with Crippen LogP contribution in [0.2, 0.25) is 0 Å². The predicted octanol–water partition coefficient (Wildman–Crippen LogP) is 3.87. The van der Waals surface area contributed by atoms with Gasteiger partial charge in [0.05, 0.1) is 5.56 Å². The molecule has 6 heteroatoms. The Balaban J connectivity index is 2.28. The summed E-state index contributed by atoms with van der Waals surface area (Å²) in [6.45, 7) is 1.91. The number of halogens is 3. The number of nitrogens with one attached hydrogen (secondary N) is 1. The van der Waals surface area contributed by atoms with Crippen LogP contribution < -0.4 is 11.1 Å². The summed E-state index contributed by atoms with van der Waals surface area (Å²) in [6.07, 6.45) is 0. The molecule has 0 aliphatic carbocycles. The van der Waals surface area contributed by atoms with Crippen molar-refractivity contribution in [1.82, 2.24) is 0 Å². The molecule has 0 saturated heterocycles. The summed E-state index contributed by atoms with van der Waals surface area (Å²) in [4.78, 5) is 12.0. The Kier molecular flexibility index (Phi) is 4.04. The summed E-state index contributed by atoms with van der Waals surface area (Å²) in [7, 11) is 0. The topological polar surface area (TPSA) is 55.1 Å². The molecule has 3 nitrogen and oxygen atoms in total. The summed E-state index contributed by atoms with van der Waals surface area (Å²) >= 11 is 3.34. The number of nitrogens with two attached hydrogens (primary N) is 1. The Bertz CT molecular complexity index is 689. The summed E-state index contributed by atoms with van der Waals surface area (Å²) in [5.74, 6) is -2.80. The second-order valence-electron chi connectivity index (χ2n) is 4.27. The minimum Gasteiger partial charge on any atom is -0.398 e. The Morgan fingerprint density at radius 3 is 2.50 bits per heavy atom. The van der Waals surface area contributed by atoms with Crippen molar-refractivity contribution in [2.24, 2.45) is 0 Å². The van der Waals surface area contributed by atoms with Gasteiger partial charge in [0, 0.05) is 21.9 Å². The number of aryl methyl sites for hydroxylation is 1. The fourth-order valence-corrected chi connectivity index (χ4v) is 2.01. The van der Waals surface area contributed by atoms with Crippen LogP contribution in [0.15, 0.2) is 34.8 Å². The first-order chi connectivity index (χ1) is 9.38. The lowest BCUT2D eigenvalue weighted by Gasteiger charge is -2.09. The van der Waals surface area contributed by atoms with E-state index in [1.54, 1.807) is 12.1 Å². The first kappa shape index (κ1) is 14.5. The number of benzene rings is 2. The number of hydrogen-bond donors (Lipinski definition) is 2. The average molecular weight is 341 g/mol. The predicted molar refractivity (Wildman–Crippen MR) is 77.6 cm³/mol. The molecule has 0 radical (unpaired) electrons. The van der Waals surface area contributed by atoms with E-state index in [1.807, 2.05) is 13.0 Å². The van der Waals surface area contributed by atoms with E-state index in [0.29, 0.717) is 5.69 Å². The molecule has 0 saturated carbocycles. The van der Waals surface area contributed by atoms with Crippen molar-refractivity contribution in [1.29, 1.82) is 0 Å². The number of nitrogen functional groups attached to an aromatic ring is 1. The quantitative estimate of drug-likeness (QED) is 0.815. The van der Waals surface area contributed by atoms with Crippen molar-refractivity contribution in [3.63, 3.8) is 0 Å². The molecule has 0 heterocycles. The van der Waals surface area contributed by atoms with Gasteiger partial charge in [-0.1, -0.05) is 22.0 Å². The largest absolute Gasteiger partial charge is 0.398 e. The molecule has 2 rings (SSSR count). The molecule has 0 bridgehead atoms. The van der Waals surface area contributed by atoms with Gasteiger partial charge in [-0.3, -0.25) is 4.79 Å². The Morgan fingerprint density at radius 2 is 1.85 bits per heavy atom. The van der Waals surface area contributed by atoms with Gasteiger partial charge < -0.3 is 11.1 Å². The molecule has 3 N–H and O–H groups in total. The van der Waals surface area contributed by atoms with E-state index < -0.39 is 17.5 Å². The van der Waals surface area contributed by atoms with Gasteiger partial charge in [0.15, 0.2) is 11.6 Å². The minimum absolute atomic E-state index is 0.111. The molecule has 2 aromatic carbocycles. The molecule has 0 unspecified atom stereocenters. The SMILES string of the molecule is Cc1ccc(NC(=O)c2cc(F)c(F)cc2N)cc1Br. The van der Waals surface area contributed by atoms with Crippen LogP contribution in [-0.4, -0.2) is 5.91 Å². The lowest BCUT2D eigenvalue weighted by atomic mass is 10.1. The normalized spacial score (nSPS) is 10.4. The fourth-order valence-electron chi connectivity index (χ4n) is 1.63. The number of amides is 1. The Morgan fingerprint density at radius 1 is 1.20 bits per heavy atom. The molecule has 0 aliphatic rings. The molecule has 0 fully saturated rings. The first-order valence-electron chi connectivity index (χ1n) is 5.70. The van der Waals surface area contributed by atoms with Crippen molar-refractivity contribution >= 4 is 33.2 Å². The highest BCUT2D eigenvalue weighted by Crippen LogP contribution is 2.22. The minimum atomic E-state index is -1.12. The van der Waals surface area contributed by atoms with Gasteiger partial charge in [0.25, 0.3) is 5.91 Å². The van der Waals surface area contributed by atoms with E-state index in [1.165, 1.54) is 0 Å². The fraction of sp³-hybridized carbons (Fsp3) is 0.0714. The van der Waals surface area contributed by atoms with E-state index >= 15 is 0 Å². The van der Waals surface area contributed by atoms with E-state index in [9.17, 15) is 13.6 Å². The van der Waals surface area contributed by atoms with Gasteiger partial charge in [-0.2, -0.15) is 0 Å². The third-order valence-electron chi connectivity index (χ3n) is 2.77. The van der Waals surface area contributed by atoms with Gasteiger partial charge in [0.1, 0.15) is 0 Å².